The highest BCUT2D eigenvalue weighted by Gasteiger charge is 2.20. The molecule has 0 saturated carbocycles. The molecule has 0 saturated heterocycles. The van der Waals surface area contributed by atoms with E-state index in [9.17, 15) is 9.59 Å². The lowest BCUT2D eigenvalue weighted by Gasteiger charge is -2.13. The minimum Gasteiger partial charge on any atom is -0.352 e. The first-order valence-corrected chi connectivity index (χ1v) is 13.9. The Hall–Kier alpha value is 0.520. The zero-order chi connectivity index (χ0) is 16.5. The van der Waals surface area contributed by atoms with Crippen molar-refractivity contribution in [3.8, 4) is 0 Å². The summed E-state index contributed by atoms with van der Waals surface area (Å²) >= 11 is 4.45. The second-order valence-corrected chi connectivity index (χ2v) is 10.1. The molecule has 3 nitrogen and oxygen atoms in total. The first kappa shape index (κ1) is 20.6. The number of ketones is 1. The molecule has 7 heteroatoms. The minimum absolute atomic E-state index is 0.0180. The van der Waals surface area contributed by atoms with Gasteiger partial charge in [0.15, 0.2) is 5.78 Å². The van der Waals surface area contributed by atoms with Crippen LogP contribution in [0.25, 0.3) is 0 Å². The van der Waals surface area contributed by atoms with Gasteiger partial charge >= 0.3 is 0 Å². The van der Waals surface area contributed by atoms with Gasteiger partial charge in [0.1, 0.15) is 0 Å². The molecule has 0 aromatic heterocycles. The van der Waals surface area contributed by atoms with Crippen LogP contribution in [0.1, 0.15) is 34.6 Å². The molecule has 0 heterocycles. The molecule has 0 aliphatic rings. The van der Waals surface area contributed by atoms with E-state index >= 15 is 0 Å². The summed E-state index contributed by atoms with van der Waals surface area (Å²) in [6.07, 6.45) is 0. The summed E-state index contributed by atoms with van der Waals surface area (Å²) in [5.74, 6) is 2.13. The molecule has 0 aliphatic carbocycles. The van der Waals surface area contributed by atoms with Gasteiger partial charge in [-0.25, -0.2) is 0 Å². The normalized spacial score (nSPS) is 11.0. The molecule has 0 spiro atoms. The maximum absolute atomic E-state index is 12.5. The fourth-order valence-corrected chi connectivity index (χ4v) is 5.37. The predicted molar refractivity (Wildman–Crippen MR) is 114 cm³/mol. The number of benzene rings is 1. The minimum atomic E-state index is -0.0881. The van der Waals surface area contributed by atoms with Crippen molar-refractivity contribution in [2.45, 2.75) is 13.8 Å². The van der Waals surface area contributed by atoms with Gasteiger partial charge in [-0.3, -0.25) is 9.59 Å². The number of hydrogen-bond donors (Lipinski definition) is 1. The van der Waals surface area contributed by atoms with Gasteiger partial charge in [0, 0.05) is 35.1 Å². The molecule has 122 valence electrons. The van der Waals surface area contributed by atoms with E-state index in [1.54, 1.807) is 42.1 Å². The van der Waals surface area contributed by atoms with Gasteiger partial charge in [0.05, 0.1) is 0 Å². The highest BCUT2D eigenvalue weighted by Crippen LogP contribution is 2.25. The van der Waals surface area contributed by atoms with Gasteiger partial charge in [0.25, 0.3) is 5.91 Å². The van der Waals surface area contributed by atoms with Crippen molar-refractivity contribution in [2.75, 3.05) is 18.1 Å². The zero-order valence-electron chi connectivity index (χ0n) is 12.5. The Morgan fingerprint density at radius 3 is 2.00 bits per heavy atom. The van der Waals surface area contributed by atoms with E-state index in [4.69, 9.17) is 0 Å². The van der Waals surface area contributed by atoms with Gasteiger partial charge in [-0.15, -0.1) is 0 Å². The first-order chi connectivity index (χ1) is 10.5. The molecule has 1 amide bonds. The van der Waals surface area contributed by atoms with E-state index in [0.717, 1.165) is 11.5 Å². The summed E-state index contributed by atoms with van der Waals surface area (Å²) in [6, 6.07) is 6.98. The van der Waals surface area contributed by atoms with Crippen LogP contribution in [0.2, 0.25) is 0 Å². The number of halogens is 2. The molecular formula is C15H19I2NO2S2. The molecule has 0 atom stereocenters. The third kappa shape index (κ3) is 6.96. The molecule has 22 heavy (non-hydrogen) atoms. The largest absolute Gasteiger partial charge is 0.352 e. The van der Waals surface area contributed by atoms with Crippen LogP contribution < -0.4 is 5.32 Å². The fraction of sp³-hybridized carbons (Fsp3) is 0.467. The molecule has 0 bridgehead atoms. The summed E-state index contributed by atoms with van der Waals surface area (Å²) in [6.45, 7) is 4.76. The van der Waals surface area contributed by atoms with Crippen LogP contribution in [0.4, 0.5) is 0 Å². The third-order valence-corrected chi connectivity index (χ3v) is 6.22. The molecule has 0 aliphatic heterocycles. The van der Waals surface area contributed by atoms with Gasteiger partial charge in [-0.05, 0) is 60.5 Å². The summed E-state index contributed by atoms with van der Waals surface area (Å²) in [5.41, 5.74) is 1.28. The molecule has 1 rings (SSSR count). The van der Waals surface area contributed by atoms with E-state index in [1.165, 1.54) is 0 Å². The Morgan fingerprint density at radius 1 is 1.05 bits per heavy atom. The van der Waals surface area contributed by atoms with Gasteiger partial charge in [0.2, 0.25) is 0 Å². The van der Waals surface area contributed by atoms with E-state index < -0.39 is 0 Å². The lowest BCUT2D eigenvalue weighted by molar-refractivity contribution is 0.0935. The van der Waals surface area contributed by atoms with Crippen molar-refractivity contribution in [1.29, 1.82) is 0 Å². The molecule has 1 aromatic rings. The number of carbonyl (C=O) groups is 2. The van der Waals surface area contributed by atoms with Crippen molar-refractivity contribution in [3.05, 3.63) is 35.4 Å². The van der Waals surface area contributed by atoms with E-state index in [1.807, 2.05) is 0 Å². The van der Waals surface area contributed by atoms with Crippen LogP contribution in [-0.2, 0) is 0 Å². The number of rotatable bonds is 9. The average Bonchev–Trinajstić information content (AvgIpc) is 2.52. The Bertz CT molecular complexity index is 489. The summed E-state index contributed by atoms with van der Waals surface area (Å²) < 4.78 is 0. The summed E-state index contributed by atoms with van der Waals surface area (Å²) in [7, 11) is 3.32. The van der Waals surface area contributed by atoms with Gasteiger partial charge < -0.3 is 5.32 Å². The van der Waals surface area contributed by atoms with Crippen molar-refractivity contribution >= 4 is 72.0 Å². The monoisotopic (exact) mass is 563 g/mol. The van der Waals surface area contributed by atoms with Crippen LogP contribution in [0.3, 0.4) is 0 Å². The van der Waals surface area contributed by atoms with Crippen LogP contribution >= 0.6 is 60.3 Å². The Morgan fingerprint density at radius 2 is 1.55 bits per heavy atom. The zero-order valence-corrected chi connectivity index (χ0v) is 18.4. The van der Waals surface area contributed by atoms with Crippen molar-refractivity contribution in [3.63, 3.8) is 0 Å². The van der Waals surface area contributed by atoms with Crippen LogP contribution in [0.5, 0.6) is 0 Å². The topological polar surface area (TPSA) is 46.2 Å². The number of nitrogens with one attached hydrogen (secondary N) is 1. The van der Waals surface area contributed by atoms with E-state index in [0.29, 0.717) is 23.6 Å². The van der Waals surface area contributed by atoms with Gasteiger partial charge in [-0.2, -0.15) is 0 Å². The van der Waals surface area contributed by atoms with Crippen molar-refractivity contribution < 1.29 is 9.59 Å². The molecule has 0 radical (unpaired) electrons. The molecule has 1 aromatic carbocycles. The highest BCUT2D eigenvalue weighted by molar-refractivity contribution is 14.2. The second kappa shape index (κ2) is 11.1. The SMILES string of the molecule is CC(C)CNC(=O)c1ccc(C(=O)C(CSI)CSI)cc1. The second-order valence-electron chi connectivity index (χ2n) is 5.29. The van der Waals surface area contributed by atoms with E-state index in [-0.39, 0.29) is 17.6 Å². The molecule has 0 unspecified atom stereocenters. The van der Waals surface area contributed by atoms with Crippen molar-refractivity contribution in [2.24, 2.45) is 11.8 Å². The third-order valence-electron chi connectivity index (χ3n) is 3.00. The molecular weight excluding hydrogens is 544 g/mol. The fourth-order valence-electron chi connectivity index (χ4n) is 1.77. The van der Waals surface area contributed by atoms with E-state index in [2.05, 4.69) is 61.6 Å². The number of hydrogen-bond acceptors (Lipinski definition) is 4. The summed E-state index contributed by atoms with van der Waals surface area (Å²) in [4.78, 5) is 24.5. The number of amides is 1. The predicted octanol–water partition coefficient (Wildman–Crippen LogP) is 5.04. The van der Waals surface area contributed by atoms with Gasteiger partial charge in [-0.1, -0.05) is 43.8 Å². The van der Waals surface area contributed by atoms with Crippen LogP contribution in [-0.4, -0.2) is 29.7 Å². The van der Waals surface area contributed by atoms with Crippen molar-refractivity contribution in [1.82, 2.24) is 5.32 Å². The molecule has 1 N–H and O–H groups in total. The highest BCUT2D eigenvalue weighted by atomic mass is 127. The number of Topliss-reactive ketones (excluding diaryl/α,β-unsaturated/α-hetero) is 1. The summed E-state index contributed by atoms with van der Waals surface area (Å²) in [5, 5.41) is 2.88. The maximum atomic E-state index is 12.5. The van der Waals surface area contributed by atoms with Crippen LogP contribution in [0.15, 0.2) is 24.3 Å². The lowest BCUT2D eigenvalue weighted by atomic mass is 9.99. The first-order valence-electron chi connectivity index (χ1n) is 6.89. The average molecular weight is 563 g/mol. The quantitative estimate of drug-likeness (QED) is 0.338. The Labute approximate surface area is 164 Å². The Kier molecular flexibility index (Phi) is 10.4. The molecule has 0 fully saturated rings. The smallest absolute Gasteiger partial charge is 0.251 e. The number of carbonyl (C=O) groups excluding carboxylic acids is 2. The van der Waals surface area contributed by atoms with Crippen LogP contribution in [0, 0.1) is 11.8 Å². The standard InChI is InChI=1S/C15H19I2NO2S2/c1-10(2)7-18-15(20)12-5-3-11(4-6-12)14(19)13(8-21-16)9-22-17/h3-6,10,13H,7-9H2,1-2H3,(H,18,20). The maximum Gasteiger partial charge on any atom is 0.251 e. The lowest BCUT2D eigenvalue weighted by Crippen LogP contribution is -2.27. The Balaban J connectivity index is 2.74.